The summed E-state index contributed by atoms with van der Waals surface area (Å²) >= 11 is 0. The maximum atomic E-state index is 12.1. The van der Waals surface area contributed by atoms with Crippen molar-refractivity contribution < 1.29 is 76.5 Å². The highest BCUT2D eigenvalue weighted by atomic mass is 16.6. The third-order valence-corrected chi connectivity index (χ3v) is 11.7. The molecule has 4 rings (SSSR count). The topological polar surface area (TPSA) is 306 Å². The lowest BCUT2D eigenvalue weighted by molar-refractivity contribution is -0.149. The quantitative estimate of drug-likeness (QED) is 0.0211. The Labute approximate surface area is 510 Å². The molecule has 0 heterocycles. The Balaban J connectivity index is 0.00000107. The normalized spacial score (nSPS) is 13.5. The number of ketones is 1. The standard InChI is InChI=1S/C18H27NO5.C13H19NO3.C12H16N2O.C11H21NO5.C11H14O2/c1-17(2,3)24-16(21)19-18(4,15(20)22-5)11-12-23-13-14-9-7-6-8-10-14;1-13(14,12(15)16-2)8-9-17-10-11-6-4-3-5-7-11;1-12(14,10-13)7-8-15-9-11-5-3-2-4-6-11;1-10(2,3)17-9(15)12-11(4,6-7-13)8(14)16-5;1-10(12)7-8-13-9-11-5-3-2-4-6-11/h6-10H,11-13H2,1-5H3,(H,19,21);3-7H,8-10,14H2,1-2H3;2-6H,7-9,14H2,1H3;13H,6-7H2,1-5H3,(H,12,15);2-6H,7-9H2,1H3. The second-order valence-electron chi connectivity index (χ2n) is 22.7. The van der Waals surface area contributed by atoms with Crippen LogP contribution in [0.5, 0.6) is 0 Å². The van der Waals surface area contributed by atoms with Gasteiger partial charge in [0.15, 0.2) is 0 Å². The summed E-state index contributed by atoms with van der Waals surface area (Å²) in [6.45, 7) is 22.0. The molecule has 86 heavy (non-hydrogen) atoms. The molecule has 21 heteroatoms. The van der Waals surface area contributed by atoms with Crippen LogP contribution in [0.2, 0.25) is 0 Å². The fourth-order valence-corrected chi connectivity index (χ4v) is 6.67. The van der Waals surface area contributed by atoms with Gasteiger partial charge in [-0.05, 0) is 105 Å². The second kappa shape index (κ2) is 41.7. The molecule has 7 N–H and O–H groups in total. The molecule has 4 atom stereocenters. The molecule has 0 fully saturated rings. The summed E-state index contributed by atoms with van der Waals surface area (Å²) in [6, 6.07) is 41.5. The molecule has 4 aromatic rings. The molecule has 0 bridgehead atoms. The lowest BCUT2D eigenvalue weighted by atomic mass is 9.99. The van der Waals surface area contributed by atoms with Gasteiger partial charge in [-0.25, -0.2) is 19.2 Å². The van der Waals surface area contributed by atoms with E-state index in [9.17, 15) is 28.8 Å². The molecule has 0 aromatic heterocycles. The molecule has 2 amide bonds. The number of hydrogen-bond acceptors (Lipinski definition) is 19. The van der Waals surface area contributed by atoms with E-state index in [1.807, 2.05) is 127 Å². The summed E-state index contributed by atoms with van der Waals surface area (Å²) in [5.41, 5.74) is 10.3. The number of benzene rings is 4. The molecule has 4 aromatic carbocycles. The number of aliphatic hydroxyl groups is 1. The van der Waals surface area contributed by atoms with Gasteiger partial charge in [0.25, 0.3) is 0 Å². The fraction of sp³-hybridized carbons (Fsp3) is 0.523. The zero-order valence-electron chi connectivity index (χ0n) is 53.1. The molecular formula is C65H97N5O16. The number of aliphatic hydroxyl groups excluding tert-OH is 1. The van der Waals surface area contributed by atoms with Crippen molar-refractivity contribution in [2.24, 2.45) is 11.5 Å². The molecular weight excluding hydrogens is 1110 g/mol. The SMILES string of the molecule is CC(=O)CCOCc1ccccc1.CC(N)(C#N)CCOCc1ccccc1.COC(=O)C(C)(CCO)NC(=O)OC(C)(C)C.COC(=O)C(C)(CCOCc1ccccc1)NC(=O)OC(C)(C)C.COC(=O)C(C)(N)CCOCc1ccccc1. The predicted molar refractivity (Wildman–Crippen MR) is 328 cm³/mol. The number of amides is 2. The Kier molecular flexibility index (Phi) is 38.2. The van der Waals surface area contributed by atoms with Gasteiger partial charge in [-0.3, -0.25) is 9.59 Å². The largest absolute Gasteiger partial charge is 0.468 e. The number of methoxy groups -OCH3 is 3. The number of carbonyl (C=O) groups excluding carboxylic acids is 6. The summed E-state index contributed by atoms with van der Waals surface area (Å²) in [5.74, 6) is -1.41. The number of rotatable bonds is 27. The van der Waals surface area contributed by atoms with Crippen molar-refractivity contribution in [2.45, 2.75) is 168 Å². The van der Waals surface area contributed by atoms with Crippen molar-refractivity contribution in [2.75, 3.05) is 54.4 Å². The van der Waals surface area contributed by atoms with Crippen molar-refractivity contribution in [3.63, 3.8) is 0 Å². The van der Waals surface area contributed by atoms with Crippen LogP contribution in [-0.4, -0.2) is 129 Å². The molecule has 478 valence electrons. The third-order valence-electron chi connectivity index (χ3n) is 11.7. The molecule has 0 aliphatic heterocycles. The van der Waals surface area contributed by atoms with Gasteiger partial charge in [0.05, 0.1) is 60.4 Å². The van der Waals surface area contributed by atoms with E-state index < -0.39 is 63.5 Å². The zero-order chi connectivity index (χ0) is 65.3. The zero-order valence-corrected chi connectivity index (χ0v) is 53.1. The van der Waals surface area contributed by atoms with Crippen LogP contribution < -0.4 is 22.1 Å². The number of nitrogens with zero attached hydrogens (tertiary/aromatic N) is 1. The number of carbonyl (C=O) groups is 6. The maximum absolute atomic E-state index is 12.1. The van der Waals surface area contributed by atoms with E-state index >= 15 is 0 Å². The summed E-state index contributed by atoms with van der Waals surface area (Å²) in [7, 11) is 3.83. The number of esters is 3. The van der Waals surface area contributed by atoms with E-state index in [2.05, 4.69) is 20.1 Å². The van der Waals surface area contributed by atoms with Gasteiger partial charge in [-0.2, -0.15) is 5.26 Å². The number of Topliss-reactive ketones (excluding diaryl/α,β-unsaturated/α-hetero) is 1. The number of nitrogens with one attached hydrogen (secondary N) is 2. The second-order valence-corrected chi connectivity index (χ2v) is 22.7. The van der Waals surface area contributed by atoms with Crippen molar-refractivity contribution in [3.05, 3.63) is 144 Å². The highest BCUT2D eigenvalue weighted by Crippen LogP contribution is 2.17. The maximum Gasteiger partial charge on any atom is 0.408 e. The summed E-state index contributed by atoms with van der Waals surface area (Å²) in [4.78, 5) is 69.0. The average Bonchev–Trinajstić information content (AvgIpc) is 2.82. The summed E-state index contributed by atoms with van der Waals surface area (Å²) in [6.07, 6.45) is 0.428. The van der Waals surface area contributed by atoms with Crippen LogP contribution >= 0.6 is 0 Å². The highest BCUT2D eigenvalue weighted by molar-refractivity contribution is 5.86. The predicted octanol–water partition coefficient (Wildman–Crippen LogP) is 9.38. The number of hydrogen-bond donors (Lipinski definition) is 5. The Hall–Kier alpha value is -7.29. The van der Waals surface area contributed by atoms with Crippen LogP contribution in [0.25, 0.3) is 0 Å². The van der Waals surface area contributed by atoms with Gasteiger partial charge in [0, 0.05) is 52.1 Å². The van der Waals surface area contributed by atoms with Crippen LogP contribution in [0.3, 0.4) is 0 Å². The molecule has 21 nitrogen and oxygen atoms in total. The van der Waals surface area contributed by atoms with Crippen LogP contribution in [0, 0.1) is 11.3 Å². The van der Waals surface area contributed by atoms with Crippen molar-refractivity contribution in [1.82, 2.24) is 10.6 Å². The Morgan fingerprint density at radius 2 is 0.767 bits per heavy atom. The number of alkyl carbamates (subject to hydrolysis) is 2. The van der Waals surface area contributed by atoms with E-state index in [-0.39, 0.29) is 31.8 Å². The third kappa shape index (κ3) is 38.6. The first-order valence-electron chi connectivity index (χ1n) is 28.1. The van der Waals surface area contributed by atoms with Crippen molar-refractivity contribution in [1.29, 1.82) is 5.26 Å². The van der Waals surface area contributed by atoms with E-state index in [0.29, 0.717) is 65.5 Å². The molecule has 0 spiro atoms. The number of ether oxygens (including phenoxy) is 9. The number of nitriles is 1. The van der Waals surface area contributed by atoms with Gasteiger partial charge in [0.1, 0.15) is 39.1 Å². The minimum atomic E-state index is -1.29. The van der Waals surface area contributed by atoms with Crippen molar-refractivity contribution in [3.8, 4) is 6.07 Å². The minimum Gasteiger partial charge on any atom is -0.468 e. The Morgan fingerprint density at radius 3 is 1.06 bits per heavy atom. The molecule has 0 aliphatic rings. The molecule has 0 saturated carbocycles. The van der Waals surface area contributed by atoms with Crippen LogP contribution in [0.15, 0.2) is 121 Å². The lowest BCUT2D eigenvalue weighted by Gasteiger charge is -2.29. The van der Waals surface area contributed by atoms with Gasteiger partial charge >= 0.3 is 30.1 Å². The summed E-state index contributed by atoms with van der Waals surface area (Å²) < 4.78 is 46.0. The van der Waals surface area contributed by atoms with E-state index in [1.165, 1.54) is 28.3 Å². The van der Waals surface area contributed by atoms with E-state index in [1.54, 1.807) is 69.2 Å². The molecule has 0 saturated heterocycles. The Morgan fingerprint density at radius 1 is 0.465 bits per heavy atom. The average molecular weight is 1200 g/mol. The van der Waals surface area contributed by atoms with Crippen molar-refractivity contribution >= 4 is 35.9 Å². The van der Waals surface area contributed by atoms with Gasteiger partial charge in [-0.15, -0.1) is 0 Å². The smallest absolute Gasteiger partial charge is 0.408 e. The monoisotopic (exact) mass is 1200 g/mol. The first-order chi connectivity index (χ1) is 40.3. The van der Waals surface area contributed by atoms with Gasteiger partial charge < -0.3 is 69.8 Å². The molecule has 0 radical (unpaired) electrons. The molecule has 0 aliphatic carbocycles. The first kappa shape index (κ1) is 78.7. The van der Waals surface area contributed by atoms with Crippen LogP contribution in [0.4, 0.5) is 9.59 Å². The summed E-state index contributed by atoms with van der Waals surface area (Å²) in [5, 5.41) is 22.6. The van der Waals surface area contributed by atoms with E-state index in [4.69, 9.17) is 55.0 Å². The van der Waals surface area contributed by atoms with Gasteiger partial charge in [0.2, 0.25) is 0 Å². The fourth-order valence-electron chi connectivity index (χ4n) is 6.67. The van der Waals surface area contributed by atoms with Crippen LogP contribution in [-0.2, 0) is 88.2 Å². The van der Waals surface area contributed by atoms with Gasteiger partial charge in [-0.1, -0.05) is 121 Å². The minimum absolute atomic E-state index is 0.0545. The highest BCUT2D eigenvalue weighted by Gasteiger charge is 2.38. The lowest BCUT2D eigenvalue weighted by Crippen LogP contribution is -2.54. The van der Waals surface area contributed by atoms with Crippen LogP contribution in [0.1, 0.15) is 131 Å². The van der Waals surface area contributed by atoms with E-state index in [0.717, 1.165) is 22.3 Å². The number of nitrogens with two attached hydrogens (primary N) is 2. The molecule has 4 unspecified atom stereocenters. The first-order valence-corrected chi connectivity index (χ1v) is 28.1. The Bertz CT molecular complexity index is 2570.